The van der Waals surface area contributed by atoms with Gasteiger partial charge in [0.2, 0.25) is 0 Å². The lowest BCUT2D eigenvalue weighted by Gasteiger charge is -2.34. The number of nitrogens with zero attached hydrogens (tertiary/aromatic N) is 1. The number of benzene rings is 2. The molecule has 3 heteroatoms. The Labute approximate surface area is 124 Å². The quantitative estimate of drug-likeness (QED) is 0.797. The predicted octanol–water partition coefficient (Wildman–Crippen LogP) is 4.55. The van der Waals surface area contributed by atoms with Gasteiger partial charge in [0.1, 0.15) is 0 Å². The third-order valence-electron chi connectivity index (χ3n) is 4.09. The average Bonchev–Trinajstić information content (AvgIpc) is 2.46. The highest BCUT2D eigenvalue weighted by atomic mass is 32.2. The Morgan fingerprint density at radius 1 is 1.15 bits per heavy atom. The van der Waals surface area contributed by atoms with Crippen molar-refractivity contribution in [2.75, 3.05) is 13.6 Å². The molecule has 0 aromatic heterocycles. The van der Waals surface area contributed by atoms with Crippen molar-refractivity contribution in [1.82, 2.24) is 4.90 Å². The van der Waals surface area contributed by atoms with Crippen LogP contribution in [0, 0.1) is 6.92 Å². The van der Waals surface area contributed by atoms with Crippen molar-refractivity contribution in [2.45, 2.75) is 24.3 Å². The molecule has 0 spiro atoms. The van der Waals surface area contributed by atoms with Gasteiger partial charge in [0.25, 0.3) is 0 Å². The topological polar surface area (TPSA) is 3.24 Å². The summed E-state index contributed by atoms with van der Waals surface area (Å²) in [5.41, 5.74) is 5.00. The van der Waals surface area contributed by atoms with Crippen molar-refractivity contribution < 1.29 is 3.89 Å². The van der Waals surface area contributed by atoms with Crippen LogP contribution in [0.3, 0.4) is 0 Å². The van der Waals surface area contributed by atoms with Gasteiger partial charge in [-0.15, -0.1) is 0 Å². The van der Waals surface area contributed by atoms with Crippen molar-refractivity contribution >= 4 is 12.1 Å². The van der Waals surface area contributed by atoms with E-state index in [0.29, 0.717) is 12.1 Å². The molecule has 0 radical (unpaired) electrons. The van der Waals surface area contributed by atoms with Crippen LogP contribution in [0.25, 0.3) is 0 Å². The third-order valence-corrected chi connectivity index (χ3v) is 4.61. The maximum Gasteiger partial charge on any atom is 0.0815 e. The molecule has 0 bridgehead atoms. The number of likely N-dealkylation sites (N-methyl/N-ethyl adjacent to an activating group) is 1. The number of fused-ring (bicyclic) bond motifs is 1. The minimum atomic E-state index is 0.254. The molecule has 0 amide bonds. The molecule has 1 unspecified atom stereocenters. The maximum absolute atomic E-state index is 13.3. The molecule has 2 aromatic carbocycles. The maximum atomic E-state index is 13.3. The number of halogens is 1. The van der Waals surface area contributed by atoms with Crippen LogP contribution in [0.5, 0.6) is 0 Å². The van der Waals surface area contributed by atoms with Crippen molar-refractivity contribution in [3.63, 3.8) is 0 Å². The molecule has 0 N–H and O–H groups in total. The van der Waals surface area contributed by atoms with Crippen LogP contribution in [0.1, 0.15) is 28.2 Å². The van der Waals surface area contributed by atoms with E-state index in [9.17, 15) is 3.89 Å². The first-order valence-electron chi connectivity index (χ1n) is 6.85. The molecule has 1 heterocycles. The molecule has 0 saturated carbocycles. The van der Waals surface area contributed by atoms with E-state index in [1.807, 2.05) is 12.1 Å². The smallest absolute Gasteiger partial charge is 0.0815 e. The Bertz CT molecular complexity index is 626. The van der Waals surface area contributed by atoms with Gasteiger partial charge in [-0.05, 0) is 42.3 Å². The first kappa shape index (κ1) is 13.7. The zero-order chi connectivity index (χ0) is 14.1. The molecule has 1 atom stereocenters. The molecule has 0 fully saturated rings. The molecule has 0 saturated heterocycles. The summed E-state index contributed by atoms with van der Waals surface area (Å²) in [4.78, 5) is 3.08. The summed E-state index contributed by atoms with van der Waals surface area (Å²) < 4.78 is 13.3. The highest BCUT2D eigenvalue weighted by Crippen LogP contribution is 2.40. The van der Waals surface area contributed by atoms with Crippen LogP contribution in [0.2, 0.25) is 0 Å². The van der Waals surface area contributed by atoms with Crippen LogP contribution in [-0.4, -0.2) is 18.5 Å². The van der Waals surface area contributed by atoms with E-state index in [0.717, 1.165) is 18.0 Å². The van der Waals surface area contributed by atoms with E-state index in [-0.39, 0.29) is 5.92 Å². The Morgan fingerprint density at radius 3 is 2.70 bits per heavy atom. The number of rotatable bonds is 2. The number of hydrogen-bond acceptors (Lipinski definition) is 2. The Morgan fingerprint density at radius 2 is 1.95 bits per heavy atom. The first-order valence-corrected chi connectivity index (χ1v) is 7.57. The number of aryl methyl sites for hydroxylation is 1. The van der Waals surface area contributed by atoms with Gasteiger partial charge >= 0.3 is 0 Å². The Balaban J connectivity index is 2.17. The van der Waals surface area contributed by atoms with E-state index in [1.54, 1.807) is 0 Å². The SMILES string of the molecule is Cc1ccccc1C1CN(C)Cc2cccc(SF)c21. The lowest BCUT2D eigenvalue weighted by molar-refractivity contribution is 0.293. The monoisotopic (exact) mass is 287 g/mol. The van der Waals surface area contributed by atoms with Gasteiger partial charge in [-0.3, -0.25) is 0 Å². The lowest BCUT2D eigenvalue weighted by Crippen LogP contribution is -2.31. The van der Waals surface area contributed by atoms with Gasteiger partial charge in [0, 0.05) is 23.9 Å². The molecule has 1 aliphatic rings. The zero-order valence-corrected chi connectivity index (χ0v) is 12.6. The average molecular weight is 287 g/mol. The van der Waals surface area contributed by atoms with E-state index in [2.05, 4.69) is 49.2 Å². The van der Waals surface area contributed by atoms with E-state index >= 15 is 0 Å². The molecule has 20 heavy (non-hydrogen) atoms. The van der Waals surface area contributed by atoms with E-state index in [1.165, 1.54) is 22.3 Å². The van der Waals surface area contributed by atoms with Gasteiger partial charge in [-0.1, -0.05) is 36.4 Å². The van der Waals surface area contributed by atoms with Crippen LogP contribution in [0.4, 0.5) is 3.89 Å². The van der Waals surface area contributed by atoms with Gasteiger partial charge in [-0.2, -0.15) is 3.89 Å². The van der Waals surface area contributed by atoms with Crippen molar-refractivity contribution in [3.8, 4) is 0 Å². The Kier molecular flexibility index (Phi) is 3.81. The fraction of sp³-hybridized carbons (Fsp3) is 0.294. The van der Waals surface area contributed by atoms with Crippen molar-refractivity contribution in [2.24, 2.45) is 0 Å². The van der Waals surface area contributed by atoms with E-state index in [4.69, 9.17) is 0 Å². The summed E-state index contributed by atoms with van der Waals surface area (Å²) in [7, 11) is 2.13. The van der Waals surface area contributed by atoms with Gasteiger partial charge in [0.05, 0.1) is 12.1 Å². The second kappa shape index (κ2) is 5.58. The Hall–Kier alpha value is -1.32. The summed E-state index contributed by atoms with van der Waals surface area (Å²) in [6.45, 7) is 3.97. The number of hydrogen-bond donors (Lipinski definition) is 0. The van der Waals surface area contributed by atoms with Crippen LogP contribution in [-0.2, 0) is 6.54 Å². The second-order valence-electron chi connectivity index (χ2n) is 5.51. The predicted molar refractivity (Wildman–Crippen MR) is 82.8 cm³/mol. The standard InChI is InChI=1S/C17H18FNS/c1-12-6-3-4-8-14(12)15-11-19(2)10-13-7-5-9-16(20-18)17(13)15/h3-9,15H,10-11H2,1-2H3. The van der Waals surface area contributed by atoms with Crippen molar-refractivity contribution in [1.29, 1.82) is 0 Å². The summed E-state index contributed by atoms with van der Waals surface area (Å²) in [6.07, 6.45) is 0. The highest BCUT2D eigenvalue weighted by Gasteiger charge is 2.28. The zero-order valence-electron chi connectivity index (χ0n) is 11.8. The molecule has 1 nitrogen and oxygen atoms in total. The fourth-order valence-corrected chi connectivity index (χ4v) is 3.67. The first-order chi connectivity index (χ1) is 9.70. The van der Waals surface area contributed by atoms with Gasteiger partial charge in [0.15, 0.2) is 0 Å². The van der Waals surface area contributed by atoms with Crippen molar-refractivity contribution in [3.05, 3.63) is 64.7 Å². The summed E-state index contributed by atoms with van der Waals surface area (Å²) in [5, 5.41) is 0. The third kappa shape index (κ3) is 2.36. The largest absolute Gasteiger partial charge is 0.301 e. The molecular formula is C17H18FNS. The molecular weight excluding hydrogens is 269 g/mol. The molecule has 1 aliphatic heterocycles. The van der Waals surface area contributed by atoms with Gasteiger partial charge in [-0.25, -0.2) is 0 Å². The second-order valence-corrected chi connectivity index (χ2v) is 6.11. The molecule has 0 aliphatic carbocycles. The summed E-state index contributed by atoms with van der Waals surface area (Å²) in [5.74, 6) is 0.254. The minimum absolute atomic E-state index is 0.254. The molecule has 3 rings (SSSR count). The minimum Gasteiger partial charge on any atom is -0.301 e. The van der Waals surface area contributed by atoms with Crippen LogP contribution >= 0.6 is 12.1 Å². The highest BCUT2D eigenvalue weighted by molar-refractivity contribution is 7.94. The molecule has 2 aromatic rings. The summed E-state index contributed by atoms with van der Waals surface area (Å²) >= 11 is 0.370. The van der Waals surface area contributed by atoms with Gasteiger partial charge < -0.3 is 4.90 Å². The van der Waals surface area contributed by atoms with E-state index < -0.39 is 0 Å². The normalized spacial score (nSPS) is 18.9. The molecule has 104 valence electrons. The van der Waals surface area contributed by atoms with Crippen LogP contribution in [0.15, 0.2) is 47.4 Å². The van der Waals surface area contributed by atoms with Crippen LogP contribution < -0.4 is 0 Å². The lowest BCUT2D eigenvalue weighted by atomic mass is 9.83. The fourth-order valence-electron chi connectivity index (χ4n) is 3.18. The summed E-state index contributed by atoms with van der Waals surface area (Å²) in [6, 6.07) is 14.4.